The van der Waals surface area contributed by atoms with E-state index in [9.17, 15) is 9.18 Å². The summed E-state index contributed by atoms with van der Waals surface area (Å²) in [6.07, 6.45) is 4.15. The number of ether oxygens (including phenoxy) is 1. The molecule has 3 heterocycles. The van der Waals surface area contributed by atoms with Gasteiger partial charge in [-0.1, -0.05) is 12.1 Å². The van der Waals surface area contributed by atoms with Crippen LogP contribution in [0, 0.1) is 17.2 Å². The van der Waals surface area contributed by atoms with Crippen molar-refractivity contribution in [1.29, 1.82) is 0 Å². The van der Waals surface area contributed by atoms with E-state index in [1.807, 2.05) is 11.0 Å². The van der Waals surface area contributed by atoms with Crippen LogP contribution in [-0.4, -0.2) is 55.1 Å². The predicted octanol–water partition coefficient (Wildman–Crippen LogP) is 2.68. The quantitative estimate of drug-likeness (QED) is 0.840. The van der Waals surface area contributed by atoms with Gasteiger partial charge in [0.05, 0.1) is 12.0 Å². The highest BCUT2D eigenvalue weighted by molar-refractivity contribution is 5.85. The Labute approximate surface area is 148 Å². The zero-order chi connectivity index (χ0) is 17.3. The molecular formula is C20H27FN2O2. The summed E-state index contributed by atoms with van der Waals surface area (Å²) in [5, 5.41) is 0. The van der Waals surface area contributed by atoms with Crippen molar-refractivity contribution in [2.24, 2.45) is 11.3 Å². The van der Waals surface area contributed by atoms with Crippen molar-refractivity contribution in [1.82, 2.24) is 9.80 Å². The van der Waals surface area contributed by atoms with Crippen LogP contribution in [0.4, 0.5) is 4.39 Å². The molecule has 3 aliphatic heterocycles. The van der Waals surface area contributed by atoms with Gasteiger partial charge in [0.1, 0.15) is 5.82 Å². The second kappa shape index (κ2) is 7.04. The van der Waals surface area contributed by atoms with Crippen molar-refractivity contribution in [2.75, 3.05) is 39.4 Å². The zero-order valence-electron chi connectivity index (χ0n) is 14.8. The van der Waals surface area contributed by atoms with Gasteiger partial charge in [-0.3, -0.25) is 4.79 Å². The Hall–Kier alpha value is -1.46. The van der Waals surface area contributed by atoms with Crippen LogP contribution in [0.15, 0.2) is 24.3 Å². The zero-order valence-corrected chi connectivity index (χ0v) is 14.8. The van der Waals surface area contributed by atoms with Gasteiger partial charge in [-0.2, -0.15) is 0 Å². The summed E-state index contributed by atoms with van der Waals surface area (Å²) in [6, 6.07) is 6.59. The van der Waals surface area contributed by atoms with Gasteiger partial charge < -0.3 is 14.5 Å². The first kappa shape index (κ1) is 17.0. The molecule has 4 rings (SSSR count). The van der Waals surface area contributed by atoms with Gasteiger partial charge in [0, 0.05) is 32.8 Å². The summed E-state index contributed by atoms with van der Waals surface area (Å²) < 4.78 is 18.9. The van der Waals surface area contributed by atoms with Gasteiger partial charge in [-0.15, -0.1) is 0 Å². The third-order valence-corrected chi connectivity index (χ3v) is 6.06. The lowest BCUT2D eigenvalue weighted by molar-refractivity contribution is -0.139. The maximum absolute atomic E-state index is 13.4. The van der Waals surface area contributed by atoms with Gasteiger partial charge in [0.15, 0.2) is 0 Å². The molecule has 5 heteroatoms. The van der Waals surface area contributed by atoms with Crippen LogP contribution in [-0.2, 0) is 16.1 Å². The average molecular weight is 346 g/mol. The summed E-state index contributed by atoms with van der Waals surface area (Å²) >= 11 is 0. The van der Waals surface area contributed by atoms with Crippen LogP contribution in [0.2, 0.25) is 0 Å². The molecular weight excluding hydrogens is 319 g/mol. The van der Waals surface area contributed by atoms with Crippen molar-refractivity contribution in [3.8, 4) is 0 Å². The second-order valence-corrected chi connectivity index (χ2v) is 7.96. The highest BCUT2D eigenvalue weighted by Crippen LogP contribution is 2.41. The maximum Gasteiger partial charge on any atom is 0.230 e. The fourth-order valence-corrected chi connectivity index (χ4v) is 4.75. The number of halogens is 1. The molecule has 2 atom stereocenters. The molecule has 3 saturated heterocycles. The van der Waals surface area contributed by atoms with E-state index in [2.05, 4.69) is 4.90 Å². The van der Waals surface area contributed by atoms with Gasteiger partial charge in [-0.05, 0) is 55.8 Å². The number of piperidine rings is 1. The van der Waals surface area contributed by atoms with Crippen molar-refractivity contribution < 1.29 is 13.9 Å². The Balaban J connectivity index is 1.40. The highest BCUT2D eigenvalue weighted by atomic mass is 19.1. The van der Waals surface area contributed by atoms with E-state index in [1.165, 1.54) is 12.1 Å². The maximum atomic E-state index is 13.4. The summed E-state index contributed by atoms with van der Waals surface area (Å²) in [6.45, 7) is 6.08. The van der Waals surface area contributed by atoms with Crippen molar-refractivity contribution in [2.45, 2.75) is 32.2 Å². The van der Waals surface area contributed by atoms with Crippen LogP contribution in [0.1, 0.15) is 31.2 Å². The first-order chi connectivity index (χ1) is 12.1. The molecule has 1 amide bonds. The molecule has 0 aromatic heterocycles. The predicted molar refractivity (Wildman–Crippen MR) is 93.5 cm³/mol. The Morgan fingerprint density at radius 1 is 1.28 bits per heavy atom. The third kappa shape index (κ3) is 3.58. The second-order valence-electron chi connectivity index (χ2n) is 7.96. The van der Waals surface area contributed by atoms with E-state index >= 15 is 0 Å². The number of hydrogen-bond donors (Lipinski definition) is 0. The Morgan fingerprint density at radius 2 is 2.20 bits per heavy atom. The van der Waals surface area contributed by atoms with Crippen molar-refractivity contribution >= 4 is 5.91 Å². The molecule has 3 fully saturated rings. The molecule has 0 aliphatic carbocycles. The molecule has 4 nitrogen and oxygen atoms in total. The van der Waals surface area contributed by atoms with Crippen LogP contribution >= 0.6 is 0 Å². The molecule has 0 saturated carbocycles. The Bertz CT molecular complexity index is 632. The summed E-state index contributed by atoms with van der Waals surface area (Å²) in [5.74, 6) is 0.653. The molecule has 136 valence electrons. The lowest BCUT2D eigenvalue weighted by Gasteiger charge is -2.40. The lowest BCUT2D eigenvalue weighted by Crippen LogP contribution is -2.49. The SMILES string of the molecule is O=C1N(Cc2cccc(F)c2)CCC12CCCN(CC1CCOC1)C2. The number of likely N-dealkylation sites (tertiary alicyclic amines) is 2. The van der Waals surface area contributed by atoms with E-state index < -0.39 is 0 Å². The molecule has 1 aromatic carbocycles. The van der Waals surface area contributed by atoms with E-state index in [1.54, 1.807) is 6.07 Å². The number of carbonyl (C=O) groups is 1. The van der Waals surface area contributed by atoms with Gasteiger partial charge in [0.25, 0.3) is 0 Å². The van der Waals surface area contributed by atoms with Crippen LogP contribution in [0.25, 0.3) is 0 Å². The number of amides is 1. The van der Waals surface area contributed by atoms with E-state index in [0.29, 0.717) is 12.5 Å². The molecule has 1 aromatic rings. The minimum atomic E-state index is -0.235. The van der Waals surface area contributed by atoms with Crippen molar-refractivity contribution in [3.05, 3.63) is 35.6 Å². The minimum Gasteiger partial charge on any atom is -0.381 e. The molecule has 2 unspecified atom stereocenters. The summed E-state index contributed by atoms with van der Waals surface area (Å²) in [5.41, 5.74) is 0.659. The van der Waals surface area contributed by atoms with E-state index in [-0.39, 0.29) is 17.1 Å². The number of nitrogens with zero attached hydrogens (tertiary/aromatic N) is 2. The van der Waals surface area contributed by atoms with E-state index in [0.717, 1.165) is 70.6 Å². The van der Waals surface area contributed by atoms with Crippen molar-refractivity contribution in [3.63, 3.8) is 0 Å². The largest absolute Gasteiger partial charge is 0.381 e. The van der Waals surface area contributed by atoms with E-state index in [4.69, 9.17) is 4.74 Å². The first-order valence-electron chi connectivity index (χ1n) is 9.49. The number of hydrogen-bond acceptors (Lipinski definition) is 3. The van der Waals surface area contributed by atoms with Crippen LogP contribution in [0.3, 0.4) is 0 Å². The smallest absolute Gasteiger partial charge is 0.230 e. The van der Waals surface area contributed by atoms with Gasteiger partial charge in [-0.25, -0.2) is 4.39 Å². The molecule has 0 N–H and O–H groups in total. The molecule has 1 spiro atoms. The molecule has 3 aliphatic rings. The van der Waals surface area contributed by atoms with Gasteiger partial charge >= 0.3 is 0 Å². The fourth-order valence-electron chi connectivity index (χ4n) is 4.75. The fraction of sp³-hybridized carbons (Fsp3) is 0.650. The number of carbonyl (C=O) groups excluding carboxylic acids is 1. The Kier molecular flexibility index (Phi) is 4.78. The normalized spacial score (nSPS) is 30.5. The first-order valence-corrected chi connectivity index (χ1v) is 9.49. The average Bonchev–Trinajstić information content (AvgIpc) is 3.20. The number of benzene rings is 1. The monoisotopic (exact) mass is 346 g/mol. The number of rotatable bonds is 4. The standard InChI is InChI=1S/C20H27FN2O2/c21-18-4-1-3-16(11-18)13-23-9-7-20(19(23)24)6-2-8-22(15-20)12-17-5-10-25-14-17/h1,3-4,11,17H,2,5-10,12-15H2. The molecule has 25 heavy (non-hydrogen) atoms. The van der Waals surface area contributed by atoms with Gasteiger partial charge in [0.2, 0.25) is 5.91 Å². The molecule has 0 radical (unpaired) electrons. The Morgan fingerprint density at radius 3 is 3.00 bits per heavy atom. The molecule has 0 bridgehead atoms. The minimum absolute atomic E-state index is 0.217. The lowest BCUT2D eigenvalue weighted by atomic mass is 9.78. The summed E-state index contributed by atoms with van der Waals surface area (Å²) in [4.78, 5) is 17.5. The highest BCUT2D eigenvalue weighted by Gasteiger charge is 2.48. The van der Waals surface area contributed by atoms with Crippen LogP contribution < -0.4 is 0 Å². The topological polar surface area (TPSA) is 32.8 Å². The third-order valence-electron chi connectivity index (χ3n) is 6.06. The summed E-state index contributed by atoms with van der Waals surface area (Å²) in [7, 11) is 0. The van der Waals surface area contributed by atoms with Crippen LogP contribution in [0.5, 0.6) is 0 Å².